The van der Waals surface area contributed by atoms with E-state index in [1.807, 2.05) is 19.1 Å². The molecule has 1 heterocycles. The number of hydrogen-bond donors (Lipinski definition) is 2. The van der Waals surface area contributed by atoms with Crippen LogP contribution >= 0.6 is 0 Å². The van der Waals surface area contributed by atoms with Gasteiger partial charge in [0.15, 0.2) is 0 Å². The number of phenols is 1. The Morgan fingerprint density at radius 3 is 1.93 bits per heavy atom. The topological polar surface area (TPSA) is 58.6 Å². The summed E-state index contributed by atoms with van der Waals surface area (Å²) in [7, 11) is 0. The molecule has 0 saturated carbocycles. The highest BCUT2D eigenvalue weighted by molar-refractivity contribution is 5.78. The van der Waals surface area contributed by atoms with E-state index < -0.39 is 5.92 Å². The van der Waals surface area contributed by atoms with Gasteiger partial charge in [0.1, 0.15) is 11.9 Å². The van der Waals surface area contributed by atoms with E-state index in [0.29, 0.717) is 5.75 Å². The Bertz CT molecular complexity index is 758. The third-order valence-electron chi connectivity index (χ3n) is 6.36. The van der Waals surface area contributed by atoms with Crippen LogP contribution in [0.15, 0.2) is 12.1 Å². The van der Waals surface area contributed by atoms with E-state index in [0.717, 1.165) is 29.5 Å². The smallest absolute Gasteiger partial charge is 0.313 e. The largest absolute Gasteiger partial charge is 0.507 e. The zero-order chi connectivity index (χ0) is 23.3. The minimum Gasteiger partial charge on any atom is -0.507 e. The van der Waals surface area contributed by atoms with E-state index in [2.05, 4.69) is 74.6 Å². The van der Waals surface area contributed by atoms with Crippen LogP contribution in [0.4, 0.5) is 0 Å². The maximum atomic E-state index is 13.2. The molecule has 2 unspecified atom stereocenters. The number of aromatic hydroxyl groups is 1. The highest BCUT2D eigenvalue weighted by Crippen LogP contribution is 2.41. The van der Waals surface area contributed by atoms with Crippen LogP contribution in [0, 0.1) is 0 Å². The molecule has 1 aromatic rings. The van der Waals surface area contributed by atoms with E-state index in [1.165, 1.54) is 0 Å². The van der Waals surface area contributed by atoms with Crippen molar-refractivity contribution in [2.24, 2.45) is 0 Å². The summed E-state index contributed by atoms with van der Waals surface area (Å²) in [6.45, 7) is 23.0. The number of carbonyl (C=O) groups excluding carboxylic acids is 1. The van der Waals surface area contributed by atoms with Gasteiger partial charge in [0, 0.05) is 5.54 Å². The van der Waals surface area contributed by atoms with Gasteiger partial charge < -0.3 is 15.2 Å². The predicted molar refractivity (Wildman–Crippen MR) is 124 cm³/mol. The fourth-order valence-electron chi connectivity index (χ4n) is 4.50. The molecule has 2 rings (SSSR count). The number of phenolic OH excluding ortho intramolecular Hbond substituents is 1. The van der Waals surface area contributed by atoms with Crippen LogP contribution in [0.1, 0.15) is 112 Å². The lowest BCUT2D eigenvalue weighted by Gasteiger charge is -2.47. The first-order valence-corrected chi connectivity index (χ1v) is 11.2. The molecule has 4 nitrogen and oxygen atoms in total. The number of esters is 1. The molecule has 1 fully saturated rings. The van der Waals surface area contributed by atoms with Crippen molar-refractivity contribution in [3.63, 3.8) is 0 Å². The lowest BCUT2D eigenvalue weighted by Crippen LogP contribution is -2.63. The maximum absolute atomic E-state index is 13.2. The lowest BCUT2D eigenvalue weighted by molar-refractivity contribution is -0.157. The summed E-state index contributed by atoms with van der Waals surface area (Å²) < 4.78 is 6.03. The van der Waals surface area contributed by atoms with Gasteiger partial charge in [0.05, 0.1) is 11.5 Å². The summed E-state index contributed by atoms with van der Waals surface area (Å²) in [5.74, 6) is -0.280. The zero-order valence-corrected chi connectivity index (χ0v) is 21.0. The van der Waals surface area contributed by atoms with Crippen LogP contribution in [0.2, 0.25) is 0 Å². The number of nitrogens with one attached hydrogen (secondary N) is 1. The van der Waals surface area contributed by atoms with Crippen LogP contribution in [0.3, 0.4) is 0 Å². The van der Waals surface area contributed by atoms with Gasteiger partial charge in [-0.25, -0.2) is 0 Å². The third kappa shape index (κ3) is 5.38. The standard InChI is InChI=1S/C26H43NO3/c1-16(22(29)30-20-12-13-25(8,9)27-26(20,10)11)17-14-18(23(2,3)4)21(28)19(15-17)24(5,6)7/h14-16,20,27-28H,12-13H2,1-11H3. The van der Waals surface area contributed by atoms with Gasteiger partial charge in [-0.2, -0.15) is 0 Å². The molecule has 4 heteroatoms. The number of piperidine rings is 1. The Kier molecular flexibility index (Phi) is 6.47. The molecule has 0 amide bonds. The number of ether oxygens (including phenoxy) is 1. The van der Waals surface area contributed by atoms with Crippen molar-refractivity contribution in [1.82, 2.24) is 5.32 Å². The molecule has 2 N–H and O–H groups in total. The van der Waals surface area contributed by atoms with Gasteiger partial charge in [-0.3, -0.25) is 4.79 Å². The van der Waals surface area contributed by atoms with E-state index in [-0.39, 0.29) is 34.0 Å². The predicted octanol–water partition coefficient (Wildman–Crippen LogP) is 5.94. The molecule has 0 spiro atoms. The first-order valence-electron chi connectivity index (χ1n) is 11.2. The summed E-state index contributed by atoms with van der Waals surface area (Å²) in [4.78, 5) is 13.2. The molecule has 0 radical (unpaired) electrons. The first kappa shape index (κ1) is 24.7. The number of carbonyl (C=O) groups is 1. The average Bonchev–Trinajstić information content (AvgIpc) is 2.53. The van der Waals surface area contributed by atoms with Crippen molar-refractivity contribution >= 4 is 5.97 Å². The number of rotatable bonds is 3. The summed E-state index contributed by atoms with van der Waals surface area (Å²) in [5, 5.41) is 14.6. The maximum Gasteiger partial charge on any atom is 0.313 e. The van der Waals surface area contributed by atoms with Crippen LogP contribution < -0.4 is 5.32 Å². The Morgan fingerprint density at radius 2 is 1.53 bits per heavy atom. The van der Waals surface area contributed by atoms with Crippen LogP contribution in [0.5, 0.6) is 5.75 Å². The lowest BCUT2D eigenvalue weighted by atomic mass is 9.77. The number of hydrogen-bond acceptors (Lipinski definition) is 4. The highest BCUT2D eigenvalue weighted by atomic mass is 16.5. The quantitative estimate of drug-likeness (QED) is 0.597. The van der Waals surface area contributed by atoms with E-state index in [1.54, 1.807) is 0 Å². The van der Waals surface area contributed by atoms with E-state index in [9.17, 15) is 9.90 Å². The summed E-state index contributed by atoms with van der Waals surface area (Å²) >= 11 is 0. The molecule has 1 saturated heterocycles. The second kappa shape index (κ2) is 7.85. The van der Waals surface area contributed by atoms with Gasteiger partial charge in [-0.1, -0.05) is 53.7 Å². The molecule has 1 aliphatic rings. The van der Waals surface area contributed by atoms with Crippen LogP contribution in [0.25, 0.3) is 0 Å². The Balaban J connectivity index is 2.36. The molecule has 170 valence electrons. The second-order valence-electron chi connectivity index (χ2n) is 12.4. The van der Waals surface area contributed by atoms with Crippen LogP contribution in [-0.2, 0) is 20.4 Å². The molecule has 30 heavy (non-hydrogen) atoms. The molecule has 2 atom stereocenters. The Morgan fingerprint density at radius 1 is 1.07 bits per heavy atom. The van der Waals surface area contributed by atoms with Crippen molar-refractivity contribution in [2.45, 2.75) is 123 Å². The molecule has 1 aromatic carbocycles. The van der Waals surface area contributed by atoms with E-state index in [4.69, 9.17) is 4.74 Å². The molecule has 0 aromatic heterocycles. The van der Waals surface area contributed by atoms with Crippen molar-refractivity contribution < 1.29 is 14.6 Å². The monoisotopic (exact) mass is 417 g/mol. The highest BCUT2D eigenvalue weighted by Gasteiger charge is 2.42. The van der Waals surface area contributed by atoms with Gasteiger partial charge in [0.25, 0.3) is 0 Å². The fraction of sp³-hybridized carbons (Fsp3) is 0.731. The fourth-order valence-corrected chi connectivity index (χ4v) is 4.50. The van der Waals surface area contributed by atoms with Gasteiger partial charge in [-0.15, -0.1) is 0 Å². The van der Waals surface area contributed by atoms with Gasteiger partial charge in [-0.05, 0) is 75.0 Å². The number of benzene rings is 1. The summed E-state index contributed by atoms with van der Waals surface area (Å²) in [6.07, 6.45) is 1.65. The zero-order valence-electron chi connectivity index (χ0n) is 21.0. The molecular weight excluding hydrogens is 374 g/mol. The average molecular weight is 418 g/mol. The molecule has 1 aliphatic heterocycles. The van der Waals surface area contributed by atoms with E-state index >= 15 is 0 Å². The Labute approximate surface area is 183 Å². The normalized spacial score (nSPS) is 22.4. The van der Waals surface area contributed by atoms with Gasteiger partial charge in [0.2, 0.25) is 0 Å². The molecular formula is C26H43NO3. The van der Waals surface area contributed by atoms with Crippen molar-refractivity contribution in [3.8, 4) is 5.75 Å². The van der Waals surface area contributed by atoms with Gasteiger partial charge >= 0.3 is 5.97 Å². The Hall–Kier alpha value is -1.55. The first-order chi connectivity index (χ1) is 13.3. The van der Waals surface area contributed by atoms with Crippen molar-refractivity contribution in [1.29, 1.82) is 0 Å². The minimum absolute atomic E-state index is 0.0399. The third-order valence-corrected chi connectivity index (χ3v) is 6.36. The van der Waals surface area contributed by atoms with Crippen LogP contribution in [-0.4, -0.2) is 28.3 Å². The molecule has 0 bridgehead atoms. The van der Waals surface area contributed by atoms with Crippen molar-refractivity contribution in [3.05, 3.63) is 28.8 Å². The second-order valence-corrected chi connectivity index (χ2v) is 12.4. The SMILES string of the molecule is CC(C(=O)OC1CCC(C)(C)NC1(C)C)c1cc(C(C)(C)C)c(O)c(C(C)(C)C)c1. The minimum atomic E-state index is -0.404. The summed E-state index contributed by atoms with van der Waals surface area (Å²) in [5.41, 5.74) is 1.93. The molecule has 0 aliphatic carbocycles. The van der Waals surface area contributed by atoms with Crippen molar-refractivity contribution in [2.75, 3.05) is 0 Å². The summed E-state index contributed by atoms with van der Waals surface area (Å²) in [6, 6.07) is 3.95.